The Labute approximate surface area is 129 Å². The number of ether oxygens (including phenoxy) is 1. The quantitative estimate of drug-likeness (QED) is 0.836. The van der Waals surface area contributed by atoms with Crippen LogP contribution in [-0.4, -0.2) is 29.2 Å². The van der Waals surface area contributed by atoms with Gasteiger partial charge in [0.25, 0.3) is 0 Å². The van der Waals surface area contributed by atoms with Crippen molar-refractivity contribution in [2.45, 2.75) is 32.5 Å². The van der Waals surface area contributed by atoms with E-state index in [0.717, 1.165) is 23.2 Å². The molecule has 116 valence electrons. The Morgan fingerprint density at radius 3 is 2.55 bits per heavy atom. The molecule has 5 heteroatoms. The van der Waals surface area contributed by atoms with Crippen molar-refractivity contribution in [1.82, 2.24) is 0 Å². The fourth-order valence-corrected chi connectivity index (χ4v) is 3.32. The van der Waals surface area contributed by atoms with Gasteiger partial charge >= 0.3 is 5.97 Å². The van der Waals surface area contributed by atoms with Crippen molar-refractivity contribution in [3.63, 3.8) is 0 Å². The van der Waals surface area contributed by atoms with E-state index in [1.807, 2.05) is 32.0 Å². The first-order chi connectivity index (χ1) is 10.5. The molecule has 1 saturated heterocycles. The van der Waals surface area contributed by atoms with Crippen LogP contribution < -0.4 is 5.32 Å². The number of aryl methyl sites for hydroxylation is 2. The van der Waals surface area contributed by atoms with Gasteiger partial charge in [-0.15, -0.1) is 0 Å². The van der Waals surface area contributed by atoms with Crippen molar-refractivity contribution >= 4 is 17.6 Å². The second-order valence-corrected chi connectivity index (χ2v) is 5.79. The van der Waals surface area contributed by atoms with Crippen molar-refractivity contribution in [1.29, 1.82) is 0 Å². The highest BCUT2D eigenvalue weighted by Crippen LogP contribution is 2.40. The fourth-order valence-electron chi connectivity index (χ4n) is 3.32. The number of amides is 1. The molecule has 0 radical (unpaired) electrons. The SMILES string of the molecule is CCc1cccc(C)c1NC(=O)[C@@H]1[C@H](C(=O)O)[C@H]2C=C[C@H]1O2. The number of para-hydroxylation sites is 1. The highest BCUT2D eigenvalue weighted by atomic mass is 16.5. The van der Waals surface area contributed by atoms with Gasteiger partial charge in [0.05, 0.1) is 18.1 Å². The van der Waals surface area contributed by atoms with Gasteiger partial charge in [-0.1, -0.05) is 37.3 Å². The van der Waals surface area contributed by atoms with Gasteiger partial charge in [0, 0.05) is 5.69 Å². The first-order valence-electron chi connectivity index (χ1n) is 7.49. The molecule has 0 aliphatic carbocycles. The predicted molar refractivity (Wildman–Crippen MR) is 81.6 cm³/mol. The van der Waals surface area contributed by atoms with E-state index in [9.17, 15) is 14.7 Å². The highest BCUT2D eigenvalue weighted by Gasteiger charge is 2.53. The fraction of sp³-hybridized carbons (Fsp3) is 0.412. The zero-order valence-corrected chi connectivity index (χ0v) is 12.6. The summed E-state index contributed by atoms with van der Waals surface area (Å²) >= 11 is 0. The van der Waals surface area contributed by atoms with Crippen molar-refractivity contribution in [2.75, 3.05) is 5.32 Å². The number of fused-ring (bicyclic) bond motifs is 2. The largest absolute Gasteiger partial charge is 0.481 e. The summed E-state index contributed by atoms with van der Waals surface area (Å²) in [6.07, 6.45) is 3.37. The third kappa shape index (κ3) is 2.31. The summed E-state index contributed by atoms with van der Waals surface area (Å²) in [5.74, 6) is -2.77. The Balaban J connectivity index is 1.86. The molecule has 2 bridgehead atoms. The third-order valence-electron chi connectivity index (χ3n) is 4.48. The minimum atomic E-state index is -0.988. The van der Waals surface area contributed by atoms with Crippen LogP contribution in [-0.2, 0) is 20.7 Å². The van der Waals surface area contributed by atoms with E-state index in [-0.39, 0.29) is 5.91 Å². The number of benzene rings is 1. The van der Waals surface area contributed by atoms with Gasteiger partial charge in [0.1, 0.15) is 5.92 Å². The lowest BCUT2D eigenvalue weighted by atomic mass is 9.82. The molecule has 0 unspecified atom stereocenters. The number of hydrogen-bond acceptors (Lipinski definition) is 3. The molecule has 2 aliphatic heterocycles. The Bertz CT molecular complexity index is 652. The zero-order chi connectivity index (χ0) is 15.9. The number of rotatable bonds is 4. The molecule has 2 N–H and O–H groups in total. The molecule has 0 aromatic heterocycles. The van der Waals surface area contributed by atoms with Gasteiger partial charge < -0.3 is 15.2 Å². The lowest BCUT2D eigenvalue weighted by Crippen LogP contribution is -2.39. The van der Waals surface area contributed by atoms with E-state index in [1.165, 1.54) is 0 Å². The summed E-state index contributed by atoms with van der Waals surface area (Å²) in [6, 6.07) is 5.85. The van der Waals surface area contributed by atoms with Crippen LogP contribution in [0.4, 0.5) is 5.69 Å². The van der Waals surface area contributed by atoms with Crippen LogP contribution in [0, 0.1) is 18.8 Å². The minimum absolute atomic E-state index is 0.284. The van der Waals surface area contributed by atoms with E-state index < -0.39 is 30.0 Å². The van der Waals surface area contributed by atoms with Crippen LogP contribution in [0.1, 0.15) is 18.1 Å². The number of hydrogen-bond donors (Lipinski definition) is 2. The maximum Gasteiger partial charge on any atom is 0.310 e. The van der Waals surface area contributed by atoms with Crippen LogP contribution in [0.3, 0.4) is 0 Å². The summed E-state index contributed by atoms with van der Waals surface area (Å²) in [5.41, 5.74) is 2.80. The topological polar surface area (TPSA) is 75.6 Å². The van der Waals surface area contributed by atoms with E-state index in [1.54, 1.807) is 12.2 Å². The molecule has 0 saturated carbocycles. The highest BCUT2D eigenvalue weighted by molar-refractivity contribution is 5.97. The standard InChI is InChI=1S/C17H19NO4/c1-3-10-6-4-5-9(2)15(10)18-16(19)13-11-7-8-12(22-11)14(13)17(20)21/h4-8,11-14H,3H2,1-2H3,(H,18,19)(H,20,21)/t11-,12-,13+,14-/m1/s1. The molecule has 4 atom stereocenters. The summed E-state index contributed by atoms with van der Waals surface area (Å²) in [6.45, 7) is 3.95. The summed E-state index contributed by atoms with van der Waals surface area (Å²) in [5, 5.41) is 12.3. The molecule has 1 fully saturated rings. The van der Waals surface area contributed by atoms with Crippen LogP contribution in [0.2, 0.25) is 0 Å². The van der Waals surface area contributed by atoms with Gasteiger partial charge in [0.2, 0.25) is 5.91 Å². The Hall–Kier alpha value is -2.14. The summed E-state index contributed by atoms with van der Waals surface area (Å²) < 4.78 is 5.55. The molecule has 1 aromatic rings. The van der Waals surface area contributed by atoms with Gasteiger partial charge in [-0.25, -0.2) is 0 Å². The molecular weight excluding hydrogens is 282 g/mol. The number of carbonyl (C=O) groups excluding carboxylic acids is 1. The molecule has 0 spiro atoms. The maximum absolute atomic E-state index is 12.7. The van der Waals surface area contributed by atoms with E-state index in [2.05, 4.69) is 5.32 Å². The first-order valence-corrected chi connectivity index (χ1v) is 7.49. The van der Waals surface area contributed by atoms with E-state index >= 15 is 0 Å². The summed E-state index contributed by atoms with van der Waals surface area (Å²) in [7, 11) is 0. The zero-order valence-electron chi connectivity index (χ0n) is 12.6. The first kappa shape index (κ1) is 14.8. The van der Waals surface area contributed by atoms with Gasteiger partial charge in [-0.05, 0) is 24.5 Å². The average Bonchev–Trinajstić information content (AvgIpc) is 3.09. The molecular formula is C17H19NO4. The second-order valence-electron chi connectivity index (χ2n) is 5.79. The van der Waals surface area contributed by atoms with Crippen LogP contribution in [0.5, 0.6) is 0 Å². The van der Waals surface area contributed by atoms with Gasteiger partial charge in [-0.2, -0.15) is 0 Å². The minimum Gasteiger partial charge on any atom is -0.481 e. The van der Waals surface area contributed by atoms with Crippen LogP contribution >= 0.6 is 0 Å². The summed E-state index contributed by atoms with van der Waals surface area (Å²) in [4.78, 5) is 24.1. The Kier molecular flexibility index (Phi) is 3.74. The second kappa shape index (κ2) is 5.57. The monoisotopic (exact) mass is 301 g/mol. The molecule has 3 rings (SSSR count). The van der Waals surface area contributed by atoms with Crippen LogP contribution in [0.25, 0.3) is 0 Å². The maximum atomic E-state index is 12.7. The molecule has 2 heterocycles. The Morgan fingerprint density at radius 2 is 1.91 bits per heavy atom. The number of aliphatic carboxylic acids is 1. The number of carbonyl (C=O) groups is 2. The van der Waals surface area contributed by atoms with Crippen molar-refractivity contribution in [3.05, 3.63) is 41.5 Å². The smallest absolute Gasteiger partial charge is 0.310 e. The van der Waals surface area contributed by atoms with E-state index in [4.69, 9.17) is 4.74 Å². The number of carboxylic acid groups (broad SMARTS) is 1. The molecule has 22 heavy (non-hydrogen) atoms. The Morgan fingerprint density at radius 1 is 1.23 bits per heavy atom. The molecule has 2 aliphatic rings. The van der Waals surface area contributed by atoms with E-state index in [0.29, 0.717) is 0 Å². The van der Waals surface area contributed by atoms with Crippen LogP contribution in [0.15, 0.2) is 30.4 Å². The lowest BCUT2D eigenvalue weighted by molar-refractivity contribution is -0.145. The molecule has 1 aromatic carbocycles. The van der Waals surface area contributed by atoms with Gasteiger partial charge in [-0.3, -0.25) is 9.59 Å². The van der Waals surface area contributed by atoms with Crippen molar-refractivity contribution in [3.8, 4) is 0 Å². The van der Waals surface area contributed by atoms with Crippen molar-refractivity contribution in [2.24, 2.45) is 11.8 Å². The number of nitrogens with one attached hydrogen (secondary N) is 1. The number of anilines is 1. The molecule has 5 nitrogen and oxygen atoms in total. The molecule has 1 amide bonds. The van der Waals surface area contributed by atoms with Crippen molar-refractivity contribution < 1.29 is 19.4 Å². The normalized spacial score (nSPS) is 28.8. The number of carboxylic acids is 1. The lowest BCUT2D eigenvalue weighted by Gasteiger charge is -2.22. The third-order valence-corrected chi connectivity index (χ3v) is 4.48. The predicted octanol–water partition coefficient (Wildman–Crippen LogP) is 2.15. The average molecular weight is 301 g/mol. The van der Waals surface area contributed by atoms with Gasteiger partial charge in [0.15, 0.2) is 0 Å².